The molecule has 1 heterocycles. The molecule has 0 fully saturated rings. The van der Waals surface area contributed by atoms with Crippen molar-refractivity contribution in [3.8, 4) is 0 Å². The van der Waals surface area contributed by atoms with Crippen molar-refractivity contribution >= 4 is 15.9 Å². The highest BCUT2D eigenvalue weighted by Crippen LogP contribution is 2.11. The largest absolute Gasteiger partial charge is 0.424 e. The van der Waals surface area contributed by atoms with Crippen LogP contribution in [-0.2, 0) is 0 Å². The average molecular weight is 165 g/mol. The Morgan fingerprint density at radius 2 is 2.29 bits per heavy atom. The average Bonchev–Trinajstić information content (AvgIpc) is 1.87. The maximum Gasteiger partial charge on any atom is 0.278 e. The molecule has 0 aromatic carbocycles. The standard InChI is InChI=1S/C4H2BrFO/c5-3-1-2-4(6)7-3/h1-2H. The van der Waals surface area contributed by atoms with E-state index in [1.165, 1.54) is 12.1 Å². The molecular weight excluding hydrogens is 163 g/mol. The summed E-state index contributed by atoms with van der Waals surface area (Å²) in [5.41, 5.74) is 0. The first kappa shape index (κ1) is 4.84. The Morgan fingerprint density at radius 1 is 1.57 bits per heavy atom. The van der Waals surface area contributed by atoms with Crippen molar-refractivity contribution in [1.82, 2.24) is 0 Å². The zero-order chi connectivity index (χ0) is 5.28. The van der Waals surface area contributed by atoms with Gasteiger partial charge in [-0.15, -0.1) is 0 Å². The van der Waals surface area contributed by atoms with E-state index < -0.39 is 6.01 Å². The van der Waals surface area contributed by atoms with Crippen molar-refractivity contribution < 1.29 is 8.81 Å². The molecule has 0 saturated heterocycles. The fourth-order valence-electron chi connectivity index (χ4n) is 0.292. The summed E-state index contributed by atoms with van der Waals surface area (Å²) in [6.07, 6.45) is 0. The van der Waals surface area contributed by atoms with Gasteiger partial charge in [0, 0.05) is 6.07 Å². The Kier molecular flexibility index (Phi) is 1.15. The lowest BCUT2D eigenvalue weighted by atomic mass is 10.7. The van der Waals surface area contributed by atoms with Crippen LogP contribution >= 0.6 is 15.9 Å². The Balaban J connectivity index is 3.04. The van der Waals surface area contributed by atoms with Gasteiger partial charge in [-0.25, -0.2) is 0 Å². The highest BCUT2D eigenvalue weighted by molar-refractivity contribution is 9.10. The Labute approximate surface area is 48.3 Å². The third kappa shape index (κ3) is 1.03. The minimum absolute atomic E-state index is 0.421. The topological polar surface area (TPSA) is 13.1 Å². The van der Waals surface area contributed by atoms with Crippen molar-refractivity contribution in [2.75, 3.05) is 0 Å². The predicted octanol–water partition coefficient (Wildman–Crippen LogP) is 2.18. The fourth-order valence-corrected chi connectivity index (χ4v) is 0.579. The zero-order valence-electron chi connectivity index (χ0n) is 3.32. The van der Waals surface area contributed by atoms with Crippen LogP contribution in [0.25, 0.3) is 0 Å². The number of hydrogen-bond acceptors (Lipinski definition) is 1. The van der Waals surface area contributed by atoms with Crippen LogP contribution in [0.5, 0.6) is 0 Å². The molecule has 0 amide bonds. The van der Waals surface area contributed by atoms with Gasteiger partial charge in [0.2, 0.25) is 0 Å². The van der Waals surface area contributed by atoms with Gasteiger partial charge in [0.25, 0.3) is 6.01 Å². The van der Waals surface area contributed by atoms with E-state index in [1.54, 1.807) is 0 Å². The highest BCUT2D eigenvalue weighted by atomic mass is 79.9. The molecule has 0 radical (unpaired) electrons. The summed E-state index contributed by atoms with van der Waals surface area (Å²) in [6.45, 7) is 0. The van der Waals surface area contributed by atoms with E-state index in [1.807, 2.05) is 0 Å². The Morgan fingerprint density at radius 3 is 2.43 bits per heavy atom. The Hall–Kier alpha value is -0.310. The SMILES string of the molecule is Fc1ccc(Br)o1. The van der Waals surface area contributed by atoms with Crippen LogP contribution in [0.3, 0.4) is 0 Å². The molecule has 0 aliphatic heterocycles. The summed E-state index contributed by atoms with van der Waals surface area (Å²) >= 11 is 2.93. The molecule has 0 bridgehead atoms. The van der Waals surface area contributed by atoms with Gasteiger partial charge < -0.3 is 4.42 Å². The fraction of sp³-hybridized carbons (Fsp3) is 0. The maximum absolute atomic E-state index is 11.7. The third-order valence-electron chi connectivity index (χ3n) is 0.540. The maximum atomic E-state index is 11.7. The van der Waals surface area contributed by atoms with Crippen molar-refractivity contribution in [2.45, 2.75) is 0 Å². The molecule has 1 aromatic heterocycles. The van der Waals surface area contributed by atoms with Gasteiger partial charge >= 0.3 is 0 Å². The predicted molar refractivity (Wildman–Crippen MR) is 26.4 cm³/mol. The van der Waals surface area contributed by atoms with Crippen LogP contribution in [0.15, 0.2) is 21.2 Å². The lowest BCUT2D eigenvalue weighted by molar-refractivity contribution is 0.347. The van der Waals surface area contributed by atoms with Crippen LogP contribution < -0.4 is 0 Å². The monoisotopic (exact) mass is 164 g/mol. The lowest BCUT2D eigenvalue weighted by Crippen LogP contribution is -1.51. The van der Waals surface area contributed by atoms with Gasteiger partial charge in [-0.1, -0.05) is 0 Å². The van der Waals surface area contributed by atoms with E-state index in [2.05, 4.69) is 20.3 Å². The van der Waals surface area contributed by atoms with Crippen LogP contribution in [-0.4, -0.2) is 0 Å². The van der Waals surface area contributed by atoms with Gasteiger partial charge in [0.1, 0.15) is 0 Å². The first-order valence-electron chi connectivity index (χ1n) is 1.70. The summed E-state index contributed by atoms with van der Waals surface area (Å²) in [6, 6.07) is 2.17. The molecule has 0 aliphatic carbocycles. The number of hydrogen-bond donors (Lipinski definition) is 0. The van der Waals surface area contributed by atoms with Crippen molar-refractivity contribution in [2.24, 2.45) is 0 Å². The number of halogens is 2. The molecule has 1 rings (SSSR count). The van der Waals surface area contributed by atoms with E-state index in [0.29, 0.717) is 4.67 Å². The molecule has 7 heavy (non-hydrogen) atoms. The van der Waals surface area contributed by atoms with E-state index in [9.17, 15) is 4.39 Å². The quantitative estimate of drug-likeness (QED) is 0.574. The summed E-state index contributed by atoms with van der Waals surface area (Å²) in [7, 11) is 0. The van der Waals surface area contributed by atoms with Crippen LogP contribution in [0.2, 0.25) is 0 Å². The van der Waals surface area contributed by atoms with E-state index in [-0.39, 0.29) is 0 Å². The third-order valence-corrected chi connectivity index (χ3v) is 0.967. The summed E-state index contributed by atoms with van der Waals surface area (Å²) in [4.78, 5) is 0. The molecule has 0 N–H and O–H groups in total. The second-order valence-corrected chi connectivity index (χ2v) is 1.83. The lowest BCUT2D eigenvalue weighted by Gasteiger charge is -1.70. The normalized spacial score (nSPS) is 9.43. The summed E-state index contributed by atoms with van der Waals surface area (Å²) in [5, 5.41) is 0. The van der Waals surface area contributed by atoms with E-state index in [0.717, 1.165) is 0 Å². The molecule has 0 saturated carbocycles. The van der Waals surface area contributed by atoms with Crippen LogP contribution in [0.4, 0.5) is 4.39 Å². The molecule has 0 spiro atoms. The van der Waals surface area contributed by atoms with Gasteiger partial charge in [0.15, 0.2) is 4.67 Å². The summed E-state index contributed by atoms with van der Waals surface area (Å²) < 4.78 is 16.5. The van der Waals surface area contributed by atoms with Crippen LogP contribution in [0.1, 0.15) is 0 Å². The molecule has 1 aromatic rings. The first-order valence-corrected chi connectivity index (χ1v) is 2.49. The zero-order valence-corrected chi connectivity index (χ0v) is 4.90. The molecule has 0 atom stereocenters. The van der Waals surface area contributed by atoms with Gasteiger partial charge in [-0.2, -0.15) is 4.39 Å². The highest BCUT2D eigenvalue weighted by Gasteiger charge is 1.91. The van der Waals surface area contributed by atoms with Crippen molar-refractivity contribution in [3.05, 3.63) is 22.8 Å². The molecule has 1 nitrogen and oxygen atoms in total. The molecule has 0 aliphatic rings. The second-order valence-electron chi connectivity index (χ2n) is 1.04. The Bertz CT molecular complexity index is 144. The summed E-state index contributed by atoms with van der Waals surface area (Å²) in [5.74, 6) is 0. The molecule has 3 heteroatoms. The molecular formula is C4H2BrFO. The van der Waals surface area contributed by atoms with E-state index in [4.69, 9.17) is 0 Å². The first-order chi connectivity index (χ1) is 3.29. The van der Waals surface area contributed by atoms with Crippen molar-refractivity contribution in [3.63, 3.8) is 0 Å². The van der Waals surface area contributed by atoms with Gasteiger partial charge in [0.05, 0.1) is 0 Å². The van der Waals surface area contributed by atoms with Crippen molar-refractivity contribution in [1.29, 1.82) is 0 Å². The number of rotatable bonds is 0. The number of furan rings is 1. The van der Waals surface area contributed by atoms with Gasteiger partial charge in [-0.3, -0.25) is 0 Å². The van der Waals surface area contributed by atoms with Crippen LogP contribution in [0, 0.1) is 6.01 Å². The minimum atomic E-state index is -0.563. The van der Waals surface area contributed by atoms with Gasteiger partial charge in [-0.05, 0) is 22.0 Å². The molecule has 38 valence electrons. The smallest absolute Gasteiger partial charge is 0.278 e. The minimum Gasteiger partial charge on any atom is -0.424 e. The molecule has 0 unspecified atom stereocenters. The second kappa shape index (κ2) is 1.66. The van der Waals surface area contributed by atoms with E-state index >= 15 is 0 Å².